The summed E-state index contributed by atoms with van der Waals surface area (Å²) in [6.45, 7) is 3.49. The smallest absolute Gasteiger partial charge is 0.263 e. The second-order valence-corrected chi connectivity index (χ2v) is 5.09. The topological polar surface area (TPSA) is 103 Å². The molecular weight excluding hydrogens is 312 g/mol. The molecule has 0 bridgehead atoms. The van der Waals surface area contributed by atoms with Gasteiger partial charge in [-0.25, -0.2) is 14.6 Å². The molecular formula is C11H11BrN6O. The van der Waals surface area contributed by atoms with Crippen LogP contribution in [0.1, 0.15) is 13.8 Å². The van der Waals surface area contributed by atoms with E-state index in [0.29, 0.717) is 10.4 Å². The molecule has 0 saturated heterocycles. The highest BCUT2D eigenvalue weighted by atomic mass is 79.9. The molecule has 7 nitrogen and oxygen atoms in total. The first-order valence-electron chi connectivity index (χ1n) is 5.34. The van der Waals surface area contributed by atoms with Gasteiger partial charge in [-0.3, -0.25) is 0 Å². The molecule has 0 spiro atoms. The average Bonchev–Trinajstić information content (AvgIpc) is 2.83. The monoisotopic (exact) mass is 322 g/mol. The van der Waals surface area contributed by atoms with Crippen molar-refractivity contribution in [2.45, 2.75) is 19.4 Å². The van der Waals surface area contributed by atoms with E-state index in [0.717, 1.165) is 0 Å². The summed E-state index contributed by atoms with van der Waals surface area (Å²) in [5.41, 5.74) is 4.90. The van der Waals surface area contributed by atoms with Gasteiger partial charge in [0.15, 0.2) is 11.6 Å². The molecule has 0 fully saturated rings. The third-order valence-electron chi connectivity index (χ3n) is 2.36. The van der Waals surface area contributed by atoms with Gasteiger partial charge in [0.25, 0.3) is 5.88 Å². The quantitative estimate of drug-likeness (QED) is 0.927. The molecule has 0 aromatic carbocycles. The van der Waals surface area contributed by atoms with Crippen molar-refractivity contribution in [2.24, 2.45) is 0 Å². The summed E-state index contributed by atoms with van der Waals surface area (Å²) in [4.78, 5) is 7.97. The van der Waals surface area contributed by atoms with Crippen LogP contribution < -0.4 is 10.5 Å². The minimum absolute atomic E-state index is 0.176. The molecule has 0 atom stereocenters. The summed E-state index contributed by atoms with van der Waals surface area (Å²) in [5.74, 6) is 0.793. The number of halogens is 1. The van der Waals surface area contributed by atoms with Crippen LogP contribution >= 0.6 is 15.9 Å². The van der Waals surface area contributed by atoms with E-state index in [1.54, 1.807) is 20.0 Å². The number of nitrogens with zero attached hydrogens (tertiary/aromatic N) is 5. The molecule has 0 aliphatic rings. The van der Waals surface area contributed by atoms with E-state index in [2.05, 4.69) is 37.1 Å². The summed E-state index contributed by atoms with van der Waals surface area (Å²) < 4.78 is 7.51. The van der Waals surface area contributed by atoms with Crippen molar-refractivity contribution in [3.63, 3.8) is 0 Å². The van der Waals surface area contributed by atoms with E-state index in [-0.39, 0.29) is 11.7 Å². The number of rotatable bonds is 3. The van der Waals surface area contributed by atoms with Crippen molar-refractivity contribution in [1.29, 1.82) is 5.26 Å². The highest BCUT2D eigenvalue weighted by Crippen LogP contribution is 2.26. The summed E-state index contributed by atoms with van der Waals surface area (Å²) in [5, 5.41) is 13.1. The Morgan fingerprint density at radius 3 is 2.89 bits per heavy atom. The standard InChI is InChI=1S/C11H11BrN6O/c1-11(2,6-13)18-5-7(3-16-18)19-10-9(14)15-4-8(12)17-10/h3-5H,1-2H3,(H2,14,15). The first-order chi connectivity index (χ1) is 8.92. The van der Waals surface area contributed by atoms with Crippen LogP contribution in [0.2, 0.25) is 0 Å². The molecule has 0 amide bonds. The van der Waals surface area contributed by atoms with Gasteiger partial charge in [0.05, 0.1) is 24.7 Å². The minimum atomic E-state index is -0.754. The van der Waals surface area contributed by atoms with Gasteiger partial charge >= 0.3 is 0 Å². The number of nitrogen functional groups attached to an aromatic ring is 1. The molecule has 2 aromatic rings. The molecule has 2 rings (SSSR count). The summed E-state index contributed by atoms with van der Waals surface area (Å²) in [7, 11) is 0. The van der Waals surface area contributed by atoms with Crippen molar-refractivity contribution in [3.05, 3.63) is 23.2 Å². The van der Waals surface area contributed by atoms with Gasteiger partial charge in [0.1, 0.15) is 10.1 Å². The fourth-order valence-electron chi connectivity index (χ4n) is 1.26. The van der Waals surface area contributed by atoms with Crippen LogP contribution in [-0.2, 0) is 5.54 Å². The zero-order valence-corrected chi connectivity index (χ0v) is 11.9. The van der Waals surface area contributed by atoms with Gasteiger partial charge in [-0.15, -0.1) is 0 Å². The first kappa shape index (κ1) is 13.3. The zero-order chi connectivity index (χ0) is 14.0. The van der Waals surface area contributed by atoms with E-state index in [1.165, 1.54) is 17.1 Å². The minimum Gasteiger partial charge on any atom is -0.433 e. The zero-order valence-electron chi connectivity index (χ0n) is 10.3. The van der Waals surface area contributed by atoms with Crippen LogP contribution in [0, 0.1) is 11.3 Å². The van der Waals surface area contributed by atoms with E-state index in [4.69, 9.17) is 15.7 Å². The molecule has 0 aliphatic heterocycles. The maximum Gasteiger partial charge on any atom is 0.263 e. The molecule has 2 N–H and O–H groups in total. The van der Waals surface area contributed by atoms with Gasteiger partial charge in [-0.2, -0.15) is 10.4 Å². The Morgan fingerprint density at radius 2 is 2.21 bits per heavy atom. The third-order valence-corrected chi connectivity index (χ3v) is 2.74. The van der Waals surface area contributed by atoms with E-state index >= 15 is 0 Å². The lowest BCUT2D eigenvalue weighted by Gasteiger charge is -2.14. The van der Waals surface area contributed by atoms with Crippen molar-refractivity contribution >= 4 is 21.7 Å². The molecule has 98 valence electrons. The van der Waals surface area contributed by atoms with Crippen molar-refractivity contribution in [2.75, 3.05) is 5.73 Å². The number of anilines is 1. The Morgan fingerprint density at radius 1 is 1.47 bits per heavy atom. The Bertz CT molecular complexity index is 645. The number of nitriles is 1. The second-order valence-electron chi connectivity index (χ2n) is 4.28. The maximum atomic E-state index is 9.03. The third kappa shape index (κ3) is 2.82. The molecule has 0 saturated carbocycles. The summed E-state index contributed by atoms with van der Waals surface area (Å²) in [6, 6.07) is 2.14. The Kier molecular flexibility index (Phi) is 3.40. The number of nitrogens with two attached hydrogens (primary N) is 1. The predicted octanol–water partition coefficient (Wildman–Crippen LogP) is 2.07. The van der Waals surface area contributed by atoms with Crippen LogP contribution in [0.3, 0.4) is 0 Å². The van der Waals surface area contributed by atoms with Crippen molar-refractivity contribution < 1.29 is 4.74 Å². The Labute approximate surface area is 118 Å². The van der Waals surface area contributed by atoms with Crippen LogP contribution in [0.25, 0.3) is 0 Å². The van der Waals surface area contributed by atoms with E-state index in [1.807, 2.05) is 0 Å². The maximum absolute atomic E-state index is 9.03. The van der Waals surface area contributed by atoms with Crippen LogP contribution in [0.4, 0.5) is 5.82 Å². The van der Waals surface area contributed by atoms with Gasteiger partial charge in [-0.05, 0) is 29.8 Å². The Hall–Kier alpha value is -2.14. The van der Waals surface area contributed by atoms with Gasteiger partial charge < -0.3 is 10.5 Å². The summed E-state index contributed by atoms with van der Waals surface area (Å²) >= 11 is 3.18. The average molecular weight is 323 g/mol. The van der Waals surface area contributed by atoms with Crippen LogP contribution in [0.15, 0.2) is 23.2 Å². The largest absolute Gasteiger partial charge is 0.433 e. The Balaban J connectivity index is 2.26. The fourth-order valence-corrected chi connectivity index (χ4v) is 1.53. The molecule has 0 aliphatic carbocycles. The second kappa shape index (κ2) is 4.85. The van der Waals surface area contributed by atoms with Gasteiger partial charge in [0.2, 0.25) is 0 Å². The lowest BCUT2D eigenvalue weighted by Crippen LogP contribution is -2.24. The SMILES string of the molecule is CC(C)(C#N)n1cc(Oc2nc(Br)cnc2N)cn1. The molecule has 0 radical (unpaired) electrons. The van der Waals surface area contributed by atoms with Crippen LogP contribution in [-0.4, -0.2) is 19.7 Å². The predicted molar refractivity (Wildman–Crippen MR) is 71.4 cm³/mol. The number of ether oxygens (including phenoxy) is 1. The van der Waals surface area contributed by atoms with Crippen molar-refractivity contribution in [1.82, 2.24) is 19.7 Å². The van der Waals surface area contributed by atoms with Gasteiger partial charge in [-0.1, -0.05) is 0 Å². The highest BCUT2D eigenvalue weighted by molar-refractivity contribution is 9.10. The normalized spacial score (nSPS) is 11.1. The first-order valence-corrected chi connectivity index (χ1v) is 6.14. The fraction of sp³-hybridized carbons (Fsp3) is 0.273. The molecule has 8 heteroatoms. The molecule has 19 heavy (non-hydrogen) atoms. The van der Waals surface area contributed by atoms with Crippen molar-refractivity contribution in [3.8, 4) is 17.7 Å². The highest BCUT2D eigenvalue weighted by Gasteiger charge is 2.21. The van der Waals surface area contributed by atoms with E-state index in [9.17, 15) is 0 Å². The number of hydrogen-bond donors (Lipinski definition) is 1. The van der Waals surface area contributed by atoms with Crippen LogP contribution in [0.5, 0.6) is 11.6 Å². The lowest BCUT2D eigenvalue weighted by atomic mass is 10.1. The number of hydrogen-bond acceptors (Lipinski definition) is 6. The summed E-state index contributed by atoms with van der Waals surface area (Å²) in [6.07, 6.45) is 4.57. The lowest BCUT2D eigenvalue weighted by molar-refractivity contribution is 0.413. The van der Waals surface area contributed by atoms with Gasteiger partial charge in [0, 0.05) is 0 Å². The van der Waals surface area contributed by atoms with E-state index < -0.39 is 5.54 Å². The molecule has 2 heterocycles. The number of aromatic nitrogens is 4. The molecule has 0 unspecified atom stereocenters. The molecule has 2 aromatic heterocycles.